The number of hydrazine groups is 1. The highest BCUT2D eigenvalue weighted by Gasteiger charge is 2.34. The fourth-order valence-electron chi connectivity index (χ4n) is 2.53. The van der Waals surface area contributed by atoms with E-state index in [1.54, 1.807) is 24.3 Å². The molecule has 1 amide bonds. The van der Waals surface area contributed by atoms with E-state index in [1.807, 2.05) is 0 Å². The molecule has 7 nitrogen and oxygen atoms in total. The van der Waals surface area contributed by atoms with Crippen molar-refractivity contribution in [1.82, 2.24) is 10.9 Å². The number of carbonyl (C=O) groups excluding carboxylic acids is 1. The van der Waals surface area contributed by atoms with Crippen molar-refractivity contribution in [3.8, 4) is 5.75 Å². The molecule has 1 aliphatic carbocycles. The monoisotopic (exact) mass is 293 g/mol. The van der Waals surface area contributed by atoms with Gasteiger partial charge in [-0.15, -0.1) is 0 Å². The standard InChI is InChI=1S/C14H19N3O4/c1-21-11-6-4-5-10(9-11)14(18)16-15-12-7-2-3-8-13(12)17(19)20/h4-6,9,12-13,15H,2-3,7-8H2,1H3,(H,16,18). The fraction of sp³-hybridized carbons (Fsp3) is 0.500. The van der Waals surface area contributed by atoms with Crippen LogP contribution in [0.3, 0.4) is 0 Å². The largest absolute Gasteiger partial charge is 0.497 e. The maximum atomic E-state index is 12.0. The second-order valence-electron chi connectivity index (χ2n) is 5.07. The van der Waals surface area contributed by atoms with Gasteiger partial charge in [0.1, 0.15) is 5.75 Å². The lowest BCUT2D eigenvalue weighted by atomic mass is 9.91. The minimum Gasteiger partial charge on any atom is -0.497 e. The van der Waals surface area contributed by atoms with Crippen LogP contribution in [0.1, 0.15) is 36.0 Å². The lowest BCUT2D eigenvalue weighted by Gasteiger charge is -2.26. The van der Waals surface area contributed by atoms with Crippen LogP contribution in [0.2, 0.25) is 0 Å². The maximum Gasteiger partial charge on any atom is 0.265 e. The van der Waals surface area contributed by atoms with Crippen molar-refractivity contribution in [2.45, 2.75) is 37.8 Å². The van der Waals surface area contributed by atoms with Crippen LogP contribution in [-0.4, -0.2) is 30.0 Å². The molecule has 0 aromatic heterocycles. The lowest BCUT2D eigenvalue weighted by Crippen LogP contribution is -2.53. The van der Waals surface area contributed by atoms with Gasteiger partial charge in [0.2, 0.25) is 6.04 Å². The first-order valence-corrected chi connectivity index (χ1v) is 6.95. The molecule has 2 atom stereocenters. The zero-order valence-corrected chi connectivity index (χ0v) is 11.9. The molecular weight excluding hydrogens is 274 g/mol. The van der Waals surface area contributed by atoms with Crippen LogP contribution >= 0.6 is 0 Å². The molecule has 2 N–H and O–H groups in total. The smallest absolute Gasteiger partial charge is 0.265 e. The zero-order valence-electron chi connectivity index (χ0n) is 11.9. The number of nitrogens with one attached hydrogen (secondary N) is 2. The summed E-state index contributed by atoms with van der Waals surface area (Å²) in [5.41, 5.74) is 5.80. The molecule has 0 aliphatic heterocycles. The van der Waals surface area contributed by atoms with Gasteiger partial charge in [-0.05, 0) is 31.0 Å². The van der Waals surface area contributed by atoms with E-state index in [0.717, 1.165) is 12.8 Å². The second-order valence-corrected chi connectivity index (χ2v) is 5.07. The molecule has 114 valence electrons. The summed E-state index contributed by atoms with van der Waals surface area (Å²) in [5, 5.41) is 11.0. The minimum atomic E-state index is -0.649. The van der Waals surface area contributed by atoms with Gasteiger partial charge in [-0.3, -0.25) is 20.3 Å². The Balaban J connectivity index is 1.94. The van der Waals surface area contributed by atoms with Crippen LogP contribution in [0.25, 0.3) is 0 Å². The lowest BCUT2D eigenvalue weighted by molar-refractivity contribution is -0.530. The highest BCUT2D eigenvalue weighted by atomic mass is 16.6. The van der Waals surface area contributed by atoms with Crippen molar-refractivity contribution in [1.29, 1.82) is 0 Å². The molecule has 2 unspecified atom stereocenters. The summed E-state index contributed by atoms with van der Waals surface area (Å²) >= 11 is 0. The summed E-state index contributed by atoms with van der Waals surface area (Å²) in [6.45, 7) is 0. The van der Waals surface area contributed by atoms with Crippen molar-refractivity contribution < 1.29 is 14.5 Å². The number of hydrogen-bond acceptors (Lipinski definition) is 5. The van der Waals surface area contributed by atoms with Gasteiger partial charge in [-0.2, -0.15) is 0 Å². The Morgan fingerprint density at radius 2 is 2.14 bits per heavy atom. The maximum absolute atomic E-state index is 12.0. The van der Waals surface area contributed by atoms with Crippen LogP contribution in [0, 0.1) is 10.1 Å². The molecule has 0 bridgehead atoms. The third kappa shape index (κ3) is 3.91. The van der Waals surface area contributed by atoms with E-state index >= 15 is 0 Å². The molecule has 0 radical (unpaired) electrons. The Morgan fingerprint density at radius 3 is 2.86 bits per heavy atom. The number of methoxy groups -OCH3 is 1. The number of nitrogens with zero attached hydrogens (tertiary/aromatic N) is 1. The molecule has 0 heterocycles. The van der Waals surface area contributed by atoms with Gasteiger partial charge in [0.25, 0.3) is 5.91 Å². The summed E-state index contributed by atoms with van der Waals surface area (Å²) < 4.78 is 5.06. The Bertz CT molecular complexity index is 521. The molecule has 0 spiro atoms. The SMILES string of the molecule is COc1cccc(C(=O)NNC2CCCCC2[N+](=O)[O-])c1. The highest BCUT2D eigenvalue weighted by Crippen LogP contribution is 2.20. The molecule has 1 aromatic carbocycles. The summed E-state index contributed by atoms with van der Waals surface area (Å²) in [6, 6.07) is 5.75. The molecule has 1 aromatic rings. The van der Waals surface area contributed by atoms with E-state index in [4.69, 9.17) is 4.74 Å². The molecule has 1 saturated carbocycles. The molecule has 0 saturated heterocycles. The summed E-state index contributed by atoms with van der Waals surface area (Å²) in [5.74, 6) is 0.255. The van der Waals surface area contributed by atoms with Crippen LogP contribution in [0.4, 0.5) is 0 Å². The quantitative estimate of drug-likeness (QED) is 0.634. The van der Waals surface area contributed by atoms with Gasteiger partial charge in [0.05, 0.1) is 13.2 Å². The Labute approximate surface area is 122 Å². The third-order valence-electron chi connectivity index (χ3n) is 3.70. The number of rotatable bonds is 5. The summed E-state index contributed by atoms with van der Waals surface area (Å²) in [6.07, 6.45) is 3.01. The van der Waals surface area contributed by atoms with Gasteiger partial charge >= 0.3 is 0 Å². The van der Waals surface area contributed by atoms with Crippen LogP contribution in [0.5, 0.6) is 5.75 Å². The van der Waals surface area contributed by atoms with Crippen molar-refractivity contribution in [2.75, 3.05) is 7.11 Å². The first-order valence-electron chi connectivity index (χ1n) is 6.95. The van der Waals surface area contributed by atoms with Crippen molar-refractivity contribution in [2.24, 2.45) is 0 Å². The van der Waals surface area contributed by atoms with Crippen LogP contribution in [-0.2, 0) is 0 Å². The first-order chi connectivity index (χ1) is 10.1. The van der Waals surface area contributed by atoms with Crippen molar-refractivity contribution in [3.63, 3.8) is 0 Å². The number of carbonyl (C=O) groups is 1. The van der Waals surface area contributed by atoms with E-state index in [9.17, 15) is 14.9 Å². The topological polar surface area (TPSA) is 93.5 Å². The van der Waals surface area contributed by atoms with Crippen molar-refractivity contribution in [3.05, 3.63) is 39.9 Å². The van der Waals surface area contributed by atoms with Gasteiger partial charge < -0.3 is 4.74 Å². The predicted octanol–water partition coefficient (Wildman–Crippen LogP) is 1.52. The molecule has 1 aliphatic rings. The fourth-order valence-corrected chi connectivity index (χ4v) is 2.53. The number of benzene rings is 1. The molecule has 21 heavy (non-hydrogen) atoms. The number of amides is 1. The average molecular weight is 293 g/mol. The molecular formula is C14H19N3O4. The summed E-state index contributed by atoms with van der Waals surface area (Å²) in [4.78, 5) is 22.8. The van der Waals surface area contributed by atoms with E-state index in [2.05, 4.69) is 10.9 Å². The van der Waals surface area contributed by atoms with Gasteiger partial charge in [0.15, 0.2) is 0 Å². The van der Waals surface area contributed by atoms with Gasteiger partial charge in [0, 0.05) is 16.9 Å². The first kappa shape index (κ1) is 15.2. The predicted molar refractivity (Wildman–Crippen MR) is 76.6 cm³/mol. The number of hydrogen-bond donors (Lipinski definition) is 2. The Kier molecular flexibility index (Phi) is 5.10. The van der Waals surface area contributed by atoms with E-state index in [1.165, 1.54) is 7.11 Å². The molecule has 7 heteroatoms. The normalized spacial score (nSPS) is 21.6. The third-order valence-corrected chi connectivity index (χ3v) is 3.70. The Morgan fingerprint density at radius 1 is 1.38 bits per heavy atom. The average Bonchev–Trinajstić information content (AvgIpc) is 2.52. The van der Waals surface area contributed by atoms with Crippen molar-refractivity contribution >= 4 is 5.91 Å². The highest BCUT2D eigenvalue weighted by molar-refractivity contribution is 5.94. The van der Waals surface area contributed by atoms with E-state index < -0.39 is 6.04 Å². The van der Waals surface area contributed by atoms with Gasteiger partial charge in [-0.1, -0.05) is 12.5 Å². The van der Waals surface area contributed by atoms with E-state index in [0.29, 0.717) is 24.2 Å². The zero-order chi connectivity index (χ0) is 15.2. The van der Waals surface area contributed by atoms with Gasteiger partial charge in [-0.25, -0.2) is 5.43 Å². The minimum absolute atomic E-state index is 0.269. The van der Waals surface area contributed by atoms with E-state index in [-0.39, 0.29) is 16.9 Å². The molecule has 2 rings (SSSR count). The van der Waals surface area contributed by atoms with Crippen LogP contribution < -0.4 is 15.6 Å². The number of ether oxygens (including phenoxy) is 1. The van der Waals surface area contributed by atoms with Crippen LogP contribution in [0.15, 0.2) is 24.3 Å². The second kappa shape index (κ2) is 7.03. The molecule has 1 fully saturated rings. The Hall–Kier alpha value is -2.15. The number of nitro groups is 1. The summed E-state index contributed by atoms with van der Waals surface area (Å²) in [7, 11) is 1.53.